The SMILES string of the molecule is CCCCCS(=O)CC(N)c1ccc(CCC)cc1. The Morgan fingerprint density at radius 3 is 2.37 bits per heavy atom. The number of aryl methyl sites for hydroxylation is 1. The van der Waals surface area contributed by atoms with Gasteiger partial charge >= 0.3 is 0 Å². The molecule has 0 aliphatic heterocycles. The van der Waals surface area contributed by atoms with Gasteiger partial charge in [0.15, 0.2) is 0 Å². The maximum absolute atomic E-state index is 11.9. The minimum Gasteiger partial charge on any atom is -0.323 e. The molecule has 2 unspecified atom stereocenters. The lowest BCUT2D eigenvalue weighted by Crippen LogP contribution is -2.19. The molecule has 0 saturated heterocycles. The van der Waals surface area contributed by atoms with Gasteiger partial charge in [-0.2, -0.15) is 0 Å². The molecular formula is C16H27NOS. The molecule has 1 aromatic rings. The number of hydrogen-bond acceptors (Lipinski definition) is 2. The van der Waals surface area contributed by atoms with Crippen LogP contribution in [0, 0.1) is 0 Å². The summed E-state index contributed by atoms with van der Waals surface area (Å²) in [4.78, 5) is 0. The van der Waals surface area contributed by atoms with E-state index in [1.165, 1.54) is 12.0 Å². The van der Waals surface area contributed by atoms with Gasteiger partial charge < -0.3 is 5.73 Å². The molecule has 108 valence electrons. The van der Waals surface area contributed by atoms with Crippen LogP contribution in [-0.4, -0.2) is 15.7 Å². The summed E-state index contributed by atoms with van der Waals surface area (Å²) in [5, 5.41) is 0. The van der Waals surface area contributed by atoms with Crippen molar-refractivity contribution in [1.82, 2.24) is 0 Å². The highest BCUT2D eigenvalue weighted by atomic mass is 32.2. The summed E-state index contributed by atoms with van der Waals surface area (Å²) in [5.41, 5.74) is 8.58. The maximum atomic E-state index is 11.9. The molecule has 0 amide bonds. The van der Waals surface area contributed by atoms with Crippen LogP contribution >= 0.6 is 0 Å². The van der Waals surface area contributed by atoms with Crippen LogP contribution < -0.4 is 5.73 Å². The highest BCUT2D eigenvalue weighted by molar-refractivity contribution is 7.85. The van der Waals surface area contributed by atoms with E-state index in [2.05, 4.69) is 38.1 Å². The van der Waals surface area contributed by atoms with Crippen molar-refractivity contribution < 1.29 is 4.21 Å². The molecule has 0 aliphatic rings. The smallest absolute Gasteiger partial charge is 0.0428 e. The first kappa shape index (κ1) is 16.4. The monoisotopic (exact) mass is 281 g/mol. The molecule has 0 aromatic heterocycles. The molecule has 0 spiro atoms. The van der Waals surface area contributed by atoms with Gasteiger partial charge in [-0.15, -0.1) is 0 Å². The Morgan fingerprint density at radius 2 is 1.79 bits per heavy atom. The Labute approximate surface area is 120 Å². The van der Waals surface area contributed by atoms with Crippen LogP contribution in [0.2, 0.25) is 0 Å². The summed E-state index contributed by atoms with van der Waals surface area (Å²) in [6, 6.07) is 8.34. The van der Waals surface area contributed by atoms with Gasteiger partial charge in [0, 0.05) is 28.3 Å². The van der Waals surface area contributed by atoms with E-state index in [-0.39, 0.29) is 6.04 Å². The number of nitrogens with two attached hydrogens (primary N) is 1. The molecule has 0 bridgehead atoms. The van der Waals surface area contributed by atoms with Crippen molar-refractivity contribution in [2.45, 2.75) is 52.0 Å². The molecule has 3 heteroatoms. The molecule has 1 aromatic carbocycles. The number of benzene rings is 1. The second kappa shape index (κ2) is 9.27. The van der Waals surface area contributed by atoms with E-state index in [0.29, 0.717) is 5.75 Å². The summed E-state index contributed by atoms with van der Waals surface area (Å²) in [6.07, 6.45) is 5.64. The lowest BCUT2D eigenvalue weighted by molar-refractivity contribution is 0.668. The van der Waals surface area contributed by atoms with Gasteiger partial charge in [-0.1, -0.05) is 57.4 Å². The van der Waals surface area contributed by atoms with Crippen molar-refractivity contribution in [3.05, 3.63) is 35.4 Å². The Bertz CT molecular complexity index is 375. The molecule has 0 aliphatic carbocycles. The predicted molar refractivity (Wildman–Crippen MR) is 84.8 cm³/mol. The van der Waals surface area contributed by atoms with Gasteiger partial charge in [-0.25, -0.2) is 0 Å². The van der Waals surface area contributed by atoms with Crippen molar-refractivity contribution >= 4 is 10.8 Å². The van der Waals surface area contributed by atoms with Gasteiger partial charge in [0.2, 0.25) is 0 Å². The Kier molecular flexibility index (Phi) is 7.99. The standard InChI is InChI=1S/C16H27NOS/c1-3-5-6-12-19(18)13-16(17)15-10-8-14(7-4-2)9-11-15/h8-11,16H,3-7,12-13,17H2,1-2H3. The number of rotatable bonds is 9. The molecule has 0 saturated carbocycles. The van der Waals surface area contributed by atoms with Crippen LogP contribution in [0.15, 0.2) is 24.3 Å². The lowest BCUT2D eigenvalue weighted by Gasteiger charge is -2.12. The van der Waals surface area contributed by atoms with Gasteiger partial charge in [0.25, 0.3) is 0 Å². The molecule has 2 atom stereocenters. The normalized spacial score (nSPS) is 14.3. The zero-order chi connectivity index (χ0) is 14.1. The van der Waals surface area contributed by atoms with Gasteiger partial charge in [-0.3, -0.25) is 4.21 Å². The second-order valence-corrected chi connectivity index (χ2v) is 6.74. The van der Waals surface area contributed by atoms with Gasteiger partial charge in [0.1, 0.15) is 0 Å². The zero-order valence-electron chi connectivity index (χ0n) is 12.2. The van der Waals surface area contributed by atoms with E-state index in [0.717, 1.165) is 37.0 Å². The van der Waals surface area contributed by atoms with Crippen LogP contribution in [0.25, 0.3) is 0 Å². The summed E-state index contributed by atoms with van der Waals surface area (Å²) in [6.45, 7) is 4.34. The third-order valence-corrected chi connectivity index (χ3v) is 4.76. The van der Waals surface area contributed by atoms with Crippen molar-refractivity contribution in [3.63, 3.8) is 0 Å². The largest absolute Gasteiger partial charge is 0.323 e. The van der Waals surface area contributed by atoms with Gasteiger partial charge in [0.05, 0.1) is 0 Å². The van der Waals surface area contributed by atoms with Crippen molar-refractivity contribution in [3.8, 4) is 0 Å². The summed E-state index contributed by atoms with van der Waals surface area (Å²) in [5.74, 6) is 1.37. The van der Waals surface area contributed by atoms with Crippen LogP contribution in [0.3, 0.4) is 0 Å². The molecule has 2 nitrogen and oxygen atoms in total. The predicted octanol–water partition coefficient (Wildman–Crippen LogP) is 3.58. The Balaban J connectivity index is 2.43. The molecule has 2 N–H and O–H groups in total. The van der Waals surface area contributed by atoms with Crippen LogP contribution in [0.5, 0.6) is 0 Å². The highest BCUT2D eigenvalue weighted by Gasteiger charge is 2.10. The average molecular weight is 281 g/mol. The second-order valence-electron chi connectivity index (χ2n) is 5.12. The molecule has 19 heavy (non-hydrogen) atoms. The third-order valence-electron chi connectivity index (χ3n) is 3.29. The Morgan fingerprint density at radius 1 is 1.11 bits per heavy atom. The molecular weight excluding hydrogens is 254 g/mol. The third kappa shape index (κ3) is 6.35. The molecule has 0 heterocycles. The lowest BCUT2D eigenvalue weighted by atomic mass is 10.0. The minimum absolute atomic E-state index is 0.0989. The number of unbranched alkanes of at least 4 members (excludes halogenated alkanes) is 2. The van der Waals surface area contributed by atoms with E-state index in [1.54, 1.807) is 0 Å². The van der Waals surface area contributed by atoms with Crippen LogP contribution in [-0.2, 0) is 17.2 Å². The van der Waals surface area contributed by atoms with Crippen LogP contribution in [0.4, 0.5) is 0 Å². The summed E-state index contributed by atoms with van der Waals surface area (Å²) in [7, 11) is -0.786. The minimum atomic E-state index is -0.786. The molecule has 1 rings (SSSR count). The molecule has 0 fully saturated rings. The van der Waals surface area contributed by atoms with E-state index < -0.39 is 10.8 Å². The van der Waals surface area contributed by atoms with Crippen molar-refractivity contribution in [1.29, 1.82) is 0 Å². The fourth-order valence-corrected chi connectivity index (χ4v) is 3.40. The fraction of sp³-hybridized carbons (Fsp3) is 0.625. The van der Waals surface area contributed by atoms with Crippen molar-refractivity contribution in [2.24, 2.45) is 5.73 Å². The van der Waals surface area contributed by atoms with E-state index in [1.807, 2.05) is 0 Å². The van der Waals surface area contributed by atoms with Crippen LogP contribution in [0.1, 0.15) is 56.7 Å². The van der Waals surface area contributed by atoms with Crippen molar-refractivity contribution in [2.75, 3.05) is 11.5 Å². The average Bonchev–Trinajstić information content (AvgIpc) is 2.40. The molecule has 0 radical (unpaired) electrons. The first-order valence-corrected chi connectivity index (χ1v) is 8.85. The summed E-state index contributed by atoms with van der Waals surface area (Å²) >= 11 is 0. The first-order valence-electron chi connectivity index (χ1n) is 7.36. The topological polar surface area (TPSA) is 43.1 Å². The Hall–Kier alpha value is -0.670. The van der Waals surface area contributed by atoms with E-state index in [4.69, 9.17) is 5.73 Å². The van der Waals surface area contributed by atoms with E-state index in [9.17, 15) is 4.21 Å². The summed E-state index contributed by atoms with van der Waals surface area (Å²) < 4.78 is 11.9. The zero-order valence-corrected chi connectivity index (χ0v) is 13.0. The number of hydrogen-bond donors (Lipinski definition) is 1. The van der Waals surface area contributed by atoms with Gasteiger partial charge in [-0.05, 0) is 24.0 Å². The maximum Gasteiger partial charge on any atom is 0.0428 e. The van der Waals surface area contributed by atoms with E-state index >= 15 is 0 Å². The highest BCUT2D eigenvalue weighted by Crippen LogP contribution is 2.14. The fourth-order valence-electron chi connectivity index (χ4n) is 2.11. The quantitative estimate of drug-likeness (QED) is 0.703. The first-order chi connectivity index (χ1) is 9.17.